The van der Waals surface area contributed by atoms with Gasteiger partial charge in [-0.05, 0) is 63.6 Å². The molecule has 2 aromatic carbocycles. The van der Waals surface area contributed by atoms with Crippen LogP contribution in [0.5, 0.6) is 0 Å². The van der Waals surface area contributed by atoms with Gasteiger partial charge >= 0.3 is 0 Å². The van der Waals surface area contributed by atoms with Gasteiger partial charge in [-0.1, -0.05) is 29.5 Å². The van der Waals surface area contributed by atoms with Gasteiger partial charge in [0, 0.05) is 24.5 Å². The first-order valence-corrected chi connectivity index (χ1v) is 12.3. The van der Waals surface area contributed by atoms with Crippen molar-refractivity contribution in [2.75, 3.05) is 28.0 Å². The number of aromatic nitrogens is 1. The fourth-order valence-corrected chi connectivity index (χ4v) is 5.29. The summed E-state index contributed by atoms with van der Waals surface area (Å²) in [5.74, 6) is -0.321. The lowest BCUT2D eigenvalue weighted by Crippen LogP contribution is -2.22. The minimum Gasteiger partial charge on any atom is -0.372 e. The summed E-state index contributed by atoms with van der Waals surface area (Å²) in [6.45, 7) is 9.64. The topological polar surface area (TPSA) is 91.4 Å². The van der Waals surface area contributed by atoms with Crippen LogP contribution < -0.4 is 14.9 Å². The summed E-state index contributed by atoms with van der Waals surface area (Å²) in [6.07, 6.45) is 0. The zero-order valence-electron chi connectivity index (χ0n) is 18.0. The Hall–Kier alpha value is -2.91. The number of anilines is 3. The number of amides is 1. The standard InChI is InChI=1S/C22H26N4O3S2/c1-5-26(6-2)17-12-13-19(15(3)14-17)24-21(27)20-16(4)23-22(30-20)25-31(28,29)18-10-8-7-9-11-18/h7-14H,5-6H2,1-4H3,(H,23,25)(H,24,27). The molecule has 164 valence electrons. The summed E-state index contributed by atoms with van der Waals surface area (Å²) < 4.78 is 27.5. The average Bonchev–Trinajstić information content (AvgIpc) is 3.11. The smallest absolute Gasteiger partial charge is 0.267 e. The minimum absolute atomic E-state index is 0.137. The normalized spacial score (nSPS) is 11.2. The van der Waals surface area contributed by atoms with E-state index < -0.39 is 10.0 Å². The summed E-state index contributed by atoms with van der Waals surface area (Å²) in [5.41, 5.74) is 3.22. The Labute approximate surface area is 187 Å². The van der Waals surface area contributed by atoms with Gasteiger partial charge in [-0.15, -0.1) is 0 Å². The molecule has 2 N–H and O–H groups in total. The number of aryl methyl sites for hydroxylation is 2. The van der Waals surface area contributed by atoms with Crippen LogP contribution >= 0.6 is 11.3 Å². The Morgan fingerprint density at radius 3 is 2.35 bits per heavy atom. The van der Waals surface area contributed by atoms with Crippen molar-refractivity contribution >= 4 is 43.8 Å². The van der Waals surface area contributed by atoms with Crippen molar-refractivity contribution in [1.82, 2.24) is 4.98 Å². The number of thiazole rings is 1. The number of carbonyl (C=O) groups is 1. The molecular formula is C22H26N4O3S2. The first-order valence-electron chi connectivity index (χ1n) is 9.97. The molecule has 0 aliphatic heterocycles. The fourth-order valence-electron chi connectivity index (χ4n) is 3.18. The molecule has 0 unspecified atom stereocenters. The van der Waals surface area contributed by atoms with E-state index in [9.17, 15) is 13.2 Å². The maximum Gasteiger partial charge on any atom is 0.267 e. The number of hydrogen-bond donors (Lipinski definition) is 2. The van der Waals surface area contributed by atoms with Gasteiger partial charge in [0.15, 0.2) is 5.13 Å². The maximum atomic E-state index is 12.8. The van der Waals surface area contributed by atoms with E-state index in [2.05, 4.69) is 33.8 Å². The summed E-state index contributed by atoms with van der Waals surface area (Å²) in [4.78, 5) is 19.8. The molecule has 0 atom stereocenters. The van der Waals surface area contributed by atoms with Crippen molar-refractivity contribution in [3.8, 4) is 0 Å². The van der Waals surface area contributed by atoms with Crippen LogP contribution in [0.4, 0.5) is 16.5 Å². The van der Waals surface area contributed by atoms with Crippen LogP contribution in [0.1, 0.15) is 34.8 Å². The van der Waals surface area contributed by atoms with Crippen molar-refractivity contribution in [1.29, 1.82) is 0 Å². The lowest BCUT2D eigenvalue weighted by atomic mass is 10.1. The highest BCUT2D eigenvalue weighted by atomic mass is 32.2. The largest absolute Gasteiger partial charge is 0.372 e. The van der Waals surface area contributed by atoms with Crippen LogP contribution in [0.25, 0.3) is 0 Å². The highest BCUT2D eigenvalue weighted by molar-refractivity contribution is 7.93. The molecule has 0 fully saturated rings. The third kappa shape index (κ3) is 5.23. The maximum absolute atomic E-state index is 12.8. The Morgan fingerprint density at radius 2 is 1.74 bits per heavy atom. The highest BCUT2D eigenvalue weighted by Crippen LogP contribution is 2.28. The van der Waals surface area contributed by atoms with Crippen LogP contribution in [-0.4, -0.2) is 32.4 Å². The third-order valence-corrected chi connectivity index (χ3v) is 7.42. The first kappa shape index (κ1) is 22.8. The van der Waals surface area contributed by atoms with E-state index in [1.54, 1.807) is 25.1 Å². The van der Waals surface area contributed by atoms with E-state index in [4.69, 9.17) is 0 Å². The number of benzene rings is 2. The van der Waals surface area contributed by atoms with Gasteiger partial charge < -0.3 is 10.2 Å². The van der Waals surface area contributed by atoms with Crippen LogP contribution in [0.15, 0.2) is 53.4 Å². The molecular weight excluding hydrogens is 432 g/mol. The van der Waals surface area contributed by atoms with Crippen molar-refractivity contribution in [3.63, 3.8) is 0 Å². The molecule has 31 heavy (non-hydrogen) atoms. The van der Waals surface area contributed by atoms with Crippen molar-refractivity contribution < 1.29 is 13.2 Å². The lowest BCUT2D eigenvalue weighted by Gasteiger charge is -2.22. The third-order valence-electron chi connectivity index (χ3n) is 4.86. The van der Waals surface area contributed by atoms with E-state index in [0.717, 1.165) is 35.7 Å². The van der Waals surface area contributed by atoms with Crippen LogP contribution in [-0.2, 0) is 10.0 Å². The molecule has 0 saturated heterocycles. The van der Waals surface area contributed by atoms with Gasteiger partial charge in [-0.25, -0.2) is 13.4 Å². The van der Waals surface area contributed by atoms with Gasteiger partial charge in [0.1, 0.15) is 4.88 Å². The number of hydrogen-bond acceptors (Lipinski definition) is 6. The summed E-state index contributed by atoms with van der Waals surface area (Å²) in [7, 11) is -3.76. The molecule has 1 amide bonds. The van der Waals surface area contributed by atoms with Crippen molar-refractivity contribution in [2.24, 2.45) is 0 Å². The molecule has 3 aromatic rings. The second kappa shape index (κ2) is 9.49. The van der Waals surface area contributed by atoms with E-state index in [1.807, 2.05) is 25.1 Å². The lowest BCUT2D eigenvalue weighted by molar-refractivity contribution is 0.102. The SMILES string of the molecule is CCN(CC)c1ccc(NC(=O)c2sc(NS(=O)(=O)c3ccccc3)nc2C)c(C)c1. The van der Waals surface area contributed by atoms with Gasteiger partial charge in [0.25, 0.3) is 15.9 Å². The second-order valence-corrected chi connectivity index (χ2v) is 9.66. The molecule has 0 radical (unpaired) electrons. The predicted molar refractivity (Wildman–Crippen MR) is 127 cm³/mol. The van der Waals surface area contributed by atoms with Crippen LogP contribution in [0.2, 0.25) is 0 Å². The molecule has 9 heteroatoms. The number of rotatable bonds is 8. The number of nitrogens with one attached hydrogen (secondary N) is 2. The zero-order valence-corrected chi connectivity index (χ0v) is 19.6. The van der Waals surface area contributed by atoms with Crippen LogP contribution in [0, 0.1) is 13.8 Å². The summed E-state index contributed by atoms with van der Waals surface area (Å²) >= 11 is 1.01. The Morgan fingerprint density at radius 1 is 1.06 bits per heavy atom. The molecule has 0 bridgehead atoms. The van der Waals surface area contributed by atoms with E-state index in [-0.39, 0.29) is 15.9 Å². The molecule has 0 aliphatic carbocycles. The molecule has 0 saturated carbocycles. The highest BCUT2D eigenvalue weighted by Gasteiger charge is 2.20. The molecule has 3 rings (SSSR count). The van der Waals surface area contributed by atoms with Gasteiger partial charge in [-0.3, -0.25) is 9.52 Å². The Bertz CT molecular complexity index is 1170. The first-order chi connectivity index (χ1) is 14.7. The number of sulfonamides is 1. The summed E-state index contributed by atoms with van der Waals surface area (Å²) in [5, 5.41) is 3.07. The number of carbonyl (C=O) groups excluding carboxylic acids is 1. The molecule has 0 aliphatic rings. The van der Waals surface area contributed by atoms with E-state index >= 15 is 0 Å². The average molecular weight is 459 g/mol. The summed E-state index contributed by atoms with van der Waals surface area (Å²) in [6, 6.07) is 13.9. The zero-order chi connectivity index (χ0) is 22.6. The van der Waals surface area contributed by atoms with Crippen LogP contribution in [0.3, 0.4) is 0 Å². The van der Waals surface area contributed by atoms with Gasteiger partial charge in [-0.2, -0.15) is 0 Å². The van der Waals surface area contributed by atoms with E-state index in [0.29, 0.717) is 16.3 Å². The second-order valence-electron chi connectivity index (χ2n) is 6.98. The predicted octanol–water partition coefficient (Wildman–Crippen LogP) is 4.66. The van der Waals surface area contributed by atoms with E-state index in [1.165, 1.54) is 12.1 Å². The Kier molecular flexibility index (Phi) is 6.97. The van der Waals surface area contributed by atoms with Crippen molar-refractivity contribution in [2.45, 2.75) is 32.6 Å². The fraction of sp³-hybridized carbons (Fsp3) is 0.273. The number of nitrogens with zero attached hydrogens (tertiary/aromatic N) is 2. The quantitative estimate of drug-likeness (QED) is 0.512. The minimum atomic E-state index is -3.76. The Balaban J connectivity index is 1.77. The molecule has 0 spiro atoms. The van der Waals surface area contributed by atoms with Gasteiger partial charge in [0.2, 0.25) is 0 Å². The monoisotopic (exact) mass is 458 g/mol. The molecule has 1 heterocycles. The van der Waals surface area contributed by atoms with Crippen molar-refractivity contribution in [3.05, 3.63) is 64.7 Å². The van der Waals surface area contributed by atoms with Gasteiger partial charge in [0.05, 0.1) is 10.6 Å². The molecule has 1 aromatic heterocycles. The molecule has 7 nitrogen and oxygen atoms in total.